The second-order valence-electron chi connectivity index (χ2n) is 7.66. The summed E-state index contributed by atoms with van der Waals surface area (Å²) in [6.45, 7) is 0.400. The van der Waals surface area contributed by atoms with E-state index in [1.54, 1.807) is 20.2 Å². The number of nitrogens with zero attached hydrogens (tertiary/aromatic N) is 2. The van der Waals surface area contributed by atoms with Crippen molar-refractivity contribution in [3.63, 3.8) is 0 Å². The van der Waals surface area contributed by atoms with Crippen LogP contribution in [-0.2, 0) is 24.2 Å². The van der Waals surface area contributed by atoms with Crippen LogP contribution in [0, 0.1) is 5.82 Å². The number of rotatable bonds is 6. The Bertz CT molecular complexity index is 914. The van der Waals surface area contributed by atoms with Crippen LogP contribution in [0.4, 0.5) is 4.39 Å². The number of nitrogens with one attached hydrogen (secondary N) is 2. The summed E-state index contributed by atoms with van der Waals surface area (Å²) in [6.07, 6.45) is 2.87. The largest absolute Gasteiger partial charge is 0.497 e. The molecule has 30 heavy (non-hydrogen) atoms. The number of aliphatic imine (C=N–C) groups is 1. The molecule has 0 aliphatic heterocycles. The highest BCUT2D eigenvalue weighted by atomic mass is 19.1. The van der Waals surface area contributed by atoms with Crippen molar-refractivity contribution < 1.29 is 13.9 Å². The lowest BCUT2D eigenvalue weighted by Gasteiger charge is -2.27. The number of amides is 1. The van der Waals surface area contributed by atoms with Crippen LogP contribution in [0.5, 0.6) is 5.75 Å². The molecule has 160 valence electrons. The topological polar surface area (TPSA) is 66.0 Å². The van der Waals surface area contributed by atoms with E-state index in [0.29, 0.717) is 17.3 Å². The van der Waals surface area contributed by atoms with Crippen molar-refractivity contribution in [2.45, 2.75) is 31.8 Å². The molecular formula is C23H29FN4O2. The van der Waals surface area contributed by atoms with Crippen molar-refractivity contribution in [3.05, 3.63) is 65.0 Å². The lowest BCUT2D eigenvalue weighted by molar-refractivity contribution is -0.127. The normalized spacial score (nSPS) is 15.9. The summed E-state index contributed by atoms with van der Waals surface area (Å²) < 4.78 is 18.9. The first-order chi connectivity index (χ1) is 14.4. The molecular weight excluding hydrogens is 383 g/mol. The molecule has 1 aliphatic carbocycles. The minimum atomic E-state index is -0.367. The number of benzene rings is 2. The predicted octanol–water partition coefficient (Wildman–Crippen LogP) is 2.52. The first-order valence-electron chi connectivity index (χ1n) is 10.1. The Morgan fingerprint density at radius 1 is 1.23 bits per heavy atom. The van der Waals surface area contributed by atoms with E-state index in [0.717, 1.165) is 19.3 Å². The summed E-state index contributed by atoms with van der Waals surface area (Å²) in [5.41, 5.74) is 3.41. The fraction of sp³-hybridized carbons (Fsp3) is 0.391. The number of carbonyl (C=O) groups is 1. The molecule has 6 nitrogen and oxygen atoms in total. The summed E-state index contributed by atoms with van der Waals surface area (Å²) >= 11 is 0. The third-order valence-corrected chi connectivity index (χ3v) is 5.18. The summed E-state index contributed by atoms with van der Waals surface area (Å²) in [6, 6.07) is 13.2. The van der Waals surface area contributed by atoms with Crippen LogP contribution in [0.25, 0.3) is 0 Å². The highest BCUT2D eigenvalue weighted by Gasteiger charge is 2.19. The van der Waals surface area contributed by atoms with Gasteiger partial charge in [0.1, 0.15) is 11.6 Å². The van der Waals surface area contributed by atoms with Gasteiger partial charge in [-0.25, -0.2) is 9.38 Å². The van der Waals surface area contributed by atoms with Gasteiger partial charge in [-0.3, -0.25) is 4.79 Å². The third-order valence-electron chi connectivity index (χ3n) is 5.18. The van der Waals surface area contributed by atoms with Crippen LogP contribution >= 0.6 is 0 Å². The predicted molar refractivity (Wildman–Crippen MR) is 116 cm³/mol. The first-order valence-corrected chi connectivity index (χ1v) is 10.1. The Kier molecular flexibility index (Phi) is 7.27. The molecule has 7 heteroatoms. The van der Waals surface area contributed by atoms with Crippen molar-refractivity contribution in [3.8, 4) is 5.75 Å². The molecule has 2 aromatic rings. The Morgan fingerprint density at radius 3 is 2.73 bits per heavy atom. The van der Waals surface area contributed by atoms with Crippen LogP contribution < -0.4 is 15.4 Å². The Balaban J connectivity index is 1.72. The molecule has 3 rings (SSSR count). The highest BCUT2D eigenvalue weighted by Crippen LogP contribution is 2.21. The number of halogens is 1. The quantitative estimate of drug-likeness (QED) is 0.565. The maximum Gasteiger partial charge on any atom is 0.241 e. The van der Waals surface area contributed by atoms with E-state index in [1.807, 2.05) is 0 Å². The molecule has 1 aliphatic rings. The number of likely N-dealkylation sites (N-methyl/N-ethyl adjacent to an activating group) is 1. The van der Waals surface area contributed by atoms with Gasteiger partial charge in [-0.1, -0.05) is 24.3 Å². The van der Waals surface area contributed by atoms with Crippen LogP contribution in [0.1, 0.15) is 23.1 Å². The van der Waals surface area contributed by atoms with Gasteiger partial charge >= 0.3 is 0 Å². The number of hydrogen-bond donors (Lipinski definition) is 2. The zero-order chi connectivity index (χ0) is 21.5. The smallest absolute Gasteiger partial charge is 0.241 e. The van der Waals surface area contributed by atoms with E-state index in [9.17, 15) is 9.18 Å². The van der Waals surface area contributed by atoms with Crippen molar-refractivity contribution in [1.29, 1.82) is 0 Å². The van der Waals surface area contributed by atoms with E-state index in [1.165, 1.54) is 35.3 Å². The fourth-order valence-corrected chi connectivity index (χ4v) is 3.48. The van der Waals surface area contributed by atoms with Crippen molar-refractivity contribution >= 4 is 11.9 Å². The van der Waals surface area contributed by atoms with Gasteiger partial charge in [0, 0.05) is 26.2 Å². The second-order valence-corrected chi connectivity index (χ2v) is 7.66. The van der Waals surface area contributed by atoms with Crippen LogP contribution in [0.15, 0.2) is 47.5 Å². The van der Waals surface area contributed by atoms with Gasteiger partial charge in [-0.15, -0.1) is 0 Å². The lowest BCUT2D eigenvalue weighted by Crippen LogP contribution is -2.48. The molecule has 0 saturated heterocycles. The van der Waals surface area contributed by atoms with Gasteiger partial charge < -0.3 is 20.3 Å². The summed E-state index contributed by atoms with van der Waals surface area (Å²) in [7, 11) is 4.93. The maximum atomic E-state index is 13.8. The van der Waals surface area contributed by atoms with Gasteiger partial charge in [0.05, 0.1) is 20.2 Å². The molecule has 1 unspecified atom stereocenters. The van der Waals surface area contributed by atoms with Crippen molar-refractivity contribution in [2.24, 2.45) is 4.99 Å². The molecule has 0 saturated carbocycles. The molecule has 2 N–H and O–H groups in total. The standard InChI is InChI=1S/C23H29FN4O2/c1-28(2)22(29)15-26-23(25-14-16-10-19(24)13-21(11-16)30-3)27-20-9-8-17-6-4-5-7-18(17)12-20/h4-7,10-11,13,20H,8-9,12,14-15H2,1-3H3,(H2,25,26,27). The number of aryl methyl sites for hydroxylation is 1. The number of ether oxygens (including phenoxy) is 1. The van der Waals surface area contributed by atoms with Gasteiger partial charge in [0.15, 0.2) is 5.96 Å². The third kappa shape index (κ3) is 5.95. The van der Waals surface area contributed by atoms with Gasteiger partial charge in [-0.05, 0) is 48.1 Å². The Hall–Kier alpha value is -3.09. The van der Waals surface area contributed by atoms with Crippen LogP contribution in [0.2, 0.25) is 0 Å². The molecule has 0 spiro atoms. The zero-order valence-corrected chi connectivity index (χ0v) is 17.7. The number of fused-ring (bicyclic) bond motifs is 1. The molecule has 0 fully saturated rings. The van der Waals surface area contributed by atoms with Gasteiger partial charge in [-0.2, -0.15) is 0 Å². The van der Waals surface area contributed by atoms with Gasteiger partial charge in [0.25, 0.3) is 0 Å². The van der Waals surface area contributed by atoms with E-state index in [-0.39, 0.29) is 30.9 Å². The molecule has 1 amide bonds. The molecule has 0 bridgehead atoms. The average molecular weight is 413 g/mol. The number of guanidine groups is 1. The van der Waals surface area contributed by atoms with Crippen molar-refractivity contribution in [1.82, 2.24) is 15.5 Å². The molecule has 1 atom stereocenters. The average Bonchev–Trinajstić information content (AvgIpc) is 2.74. The Morgan fingerprint density at radius 2 is 2.00 bits per heavy atom. The number of hydrogen-bond acceptors (Lipinski definition) is 3. The molecule has 0 radical (unpaired) electrons. The number of methoxy groups -OCH3 is 1. The molecule has 2 aromatic carbocycles. The van der Waals surface area contributed by atoms with E-state index in [4.69, 9.17) is 4.74 Å². The second kappa shape index (κ2) is 10.1. The summed E-state index contributed by atoms with van der Waals surface area (Å²) in [4.78, 5) is 18.1. The van der Waals surface area contributed by atoms with Crippen LogP contribution in [0.3, 0.4) is 0 Å². The molecule has 0 aromatic heterocycles. The summed E-state index contributed by atoms with van der Waals surface area (Å²) in [5.74, 6) is 0.576. The van der Waals surface area contributed by atoms with E-state index in [2.05, 4.69) is 39.9 Å². The molecule has 0 heterocycles. The first kappa shape index (κ1) is 21.6. The Labute approximate surface area is 177 Å². The minimum absolute atomic E-state index is 0.0501. The van der Waals surface area contributed by atoms with Crippen LogP contribution in [-0.4, -0.2) is 50.6 Å². The lowest BCUT2D eigenvalue weighted by atomic mass is 9.88. The zero-order valence-electron chi connectivity index (χ0n) is 17.7. The number of carbonyl (C=O) groups excluding carboxylic acids is 1. The summed E-state index contributed by atoms with van der Waals surface area (Å²) in [5, 5.41) is 6.56. The van der Waals surface area contributed by atoms with Gasteiger partial charge in [0.2, 0.25) is 5.91 Å². The SMILES string of the molecule is COc1cc(F)cc(CN=C(NCC(=O)N(C)C)NC2CCc3ccccc3C2)c1. The minimum Gasteiger partial charge on any atom is -0.497 e. The maximum absolute atomic E-state index is 13.8. The monoisotopic (exact) mass is 412 g/mol. The van der Waals surface area contributed by atoms with Crippen molar-refractivity contribution in [2.75, 3.05) is 27.7 Å². The van der Waals surface area contributed by atoms with E-state index >= 15 is 0 Å². The van der Waals surface area contributed by atoms with E-state index < -0.39 is 0 Å². The fourth-order valence-electron chi connectivity index (χ4n) is 3.48. The highest BCUT2D eigenvalue weighted by molar-refractivity contribution is 5.86.